The SMILES string of the molecule is C=CCn1c(COc2ccc(F)cc2)nnc1S[C@H](C)C(=O)Nc1cc(C)on1. The number of hydrogen-bond donors (Lipinski definition) is 1. The summed E-state index contributed by atoms with van der Waals surface area (Å²) in [5.41, 5.74) is 0. The summed E-state index contributed by atoms with van der Waals surface area (Å²) in [6, 6.07) is 7.36. The molecule has 0 spiro atoms. The van der Waals surface area contributed by atoms with Crippen molar-refractivity contribution in [3.8, 4) is 5.75 Å². The molecular weight excluding hydrogens is 397 g/mol. The zero-order valence-corrected chi connectivity index (χ0v) is 16.8. The fourth-order valence-electron chi connectivity index (χ4n) is 2.37. The zero-order valence-electron chi connectivity index (χ0n) is 16.0. The summed E-state index contributed by atoms with van der Waals surface area (Å²) >= 11 is 1.25. The molecule has 10 heteroatoms. The average molecular weight is 417 g/mol. The van der Waals surface area contributed by atoms with E-state index in [1.807, 2.05) is 4.57 Å². The van der Waals surface area contributed by atoms with E-state index in [1.165, 1.54) is 36.0 Å². The average Bonchev–Trinajstić information content (AvgIpc) is 3.28. The van der Waals surface area contributed by atoms with Gasteiger partial charge in [0, 0.05) is 12.6 Å². The first-order valence-corrected chi connectivity index (χ1v) is 9.66. The maximum absolute atomic E-state index is 13.0. The van der Waals surface area contributed by atoms with E-state index in [-0.39, 0.29) is 18.3 Å². The molecule has 8 nitrogen and oxygen atoms in total. The highest BCUT2D eigenvalue weighted by atomic mass is 32.2. The normalized spacial score (nSPS) is 11.8. The van der Waals surface area contributed by atoms with Crippen molar-refractivity contribution in [2.24, 2.45) is 0 Å². The molecule has 2 aromatic heterocycles. The van der Waals surface area contributed by atoms with Gasteiger partial charge in [0.15, 0.2) is 16.8 Å². The maximum atomic E-state index is 13.0. The Labute approximate surface area is 171 Å². The Morgan fingerprint density at radius 3 is 2.83 bits per heavy atom. The van der Waals surface area contributed by atoms with Crippen molar-refractivity contribution in [1.82, 2.24) is 19.9 Å². The highest BCUT2D eigenvalue weighted by Crippen LogP contribution is 2.24. The Morgan fingerprint density at radius 1 is 1.41 bits per heavy atom. The second-order valence-electron chi connectivity index (χ2n) is 6.11. The Morgan fingerprint density at radius 2 is 2.17 bits per heavy atom. The van der Waals surface area contributed by atoms with Gasteiger partial charge in [-0.05, 0) is 38.1 Å². The first-order chi connectivity index (χ1) is 14.0. The third kappa shape index (κ3) is 5.44. The Hall–Kier alpha value is -3.14. The van der Waals surface area contributed by atoms with Crippen LogP contribution in [0.3, 0.4) is 0 Å². The van der Waals surface area contributed by atoms with Gasteiger partial charge < -0.3 is 14.6 Å². The monoisotopic (exact) mass is 417 g/mol. The molecule has 1 N–H and O–H groups in total. The molecule has 0 aliphatic rings. The molecule has 29 heavy (non-hydrogen) atoms. The number of aromatic nitrogens is 4. The predicted molar refractivity (Wildman–Crippen MR) is 106 cm³/mol. The first-order valence-electron chi connectivity index (χ1n) is 8.78. The van der Waals surface area contributed by atoms with E-state index in [2.05, 4.69) is 27.2 Å². The summed E-state index contributed by atoms with van der Waals surface area (Å²) in [7, 11) is 0. The lowest BCUT2D eigenvalue weighted by atomic mass is 10.3. The van der Waals surface area contributed by atoms with Crippen LogP contribution >= 0.6 is 11.8 Å². The van der Waals surface area contributed by atoms with E-state index in [0.717, 1.165) is 0 Å². The van der Waals surface area contributed by atoms with E-state index >= 15 is 0 Å². The third-order valence-electron chi connectivity index (χ3n) is 3.82. The standard InChI is InChI=1S/C19H20FN5O3S/c1-4-9-25-17(11-27-15-7-5-14(20)6-8-15)22-23-19(25)29-13(3)18(26)21-16-10-12(2)28-24-16/h4-8,10,13H,1,9,11H2,2-3H3,(H,21,24,26)/t13-/m1/s1. The predicted octanol–water partition coefficient (Wildman–Crippen LogP) is 3.60. The molecule has 0 aliphatic heterocycles. The van der Waals surface area contributed by atoms with Crippen molar-refractivity contribution in [2.45, 2.75) is 37.4 Å². The van der Waals surface area contributed by atoms with E-state index in [4.69, 9.17) is 9.26 Å². The molecular formula is C19H20FN5O3S. The molecule has 2 heterocycles. The van der Waals surface area contributed by atoms with Crippen molar-refractivity contribution in [2.75, 3.05) is 5.32 Å². The van der Waals surface area contributed by atoms with Crippen LogP contribution in [0.2, 0.25) is 0 Å². The second-order valence-corrected chi connectivity index (χ2v) is 7.42. The lowest BCUT2D eigenvalue weighted by Gasteiger charge is -2.12. The van der Waals surface area contributed by atoms with Gasteiger partial charge in [-0.3, -0.25) is 9.36 Å². The van der Waals surface area contributed by atoms with Crippen molar-refractivity contribution in [1.29, 1.82) is 0 Å². The molecule has 0 fully saturated rings. The lowest BCUT2D eigenvalue weighted by Crippen LogP contribution is -2.23. The quantitative estimate of drug-likeness (QED) is 0.420. The molecule has 0 unspecified atom stereocenters. The van der Waals surface area contributed by atoms with Crippen LogP contribution in [0.25, 0.3) is 0 Å². The van der Waals surface area contributed by atoms with E-state index < -0.39 is 5.25 Å². The van der Waals surface area contributed by atoms with Crippen LogP contribution in [0.1, 0.15) is 18.5 Å². The molecule has 0 radical (unpaired) electrons. The number of amides is 1. The van der Waals surface area contributed by atoms with Gasteiger partial charge in [0.1, 0.15) is 23.9 Å². The van der Waals surface area contributed by atoms with Crippen LogP contribution < -0.4 is 10.1 Å². The number of hydrogen-bond acceptors (Lipinski definition) is 7. The van der Waals surface area contributed by atoms with Crippen molar-refractivity contribution in [3.63, 3.8) is 0 Å². The number of nitrogens with one attached hydrogen (secondary N) is 1. The van der Waals surface area contributed by atoms with Gasteiger partial charge in [-0.15, -0.1) is 16.8 Å². The first kappa shape index (κ1) is 20.6. The Bertz CT molecular complexity index is 986. The highest BCUT2D eigenvalue weighted by molar-refractivity contribution is 8.00. The van der Waals surface area contributed by atoms with Gasteiger partial charge in [-0.25, -0.2) is 4.39 Å². The van der Waals surface area contributed by atoms with E-state index in [1.54, 1.807) is 26.0 Å². The zero-order chi connectivity index (χ0) is 20.8. The summed E-state index contributed by atoms with van der Waals surface area (Å²) in [6.07, 6.45) is 1.71. The number of carbonyl (C=O) groups excluding carboxylic acids is 1. The van der Waals surface area contributed by atoms with Crippen LogP contribution in [0.4, 0.5) is 10.2 Å². The number of carbonyl (C=O) groups is 1. The molecule has 0 bridgehead atoms. The number of ether oxygens (including phenoxy) is 1. The smallest absolute Gasteiger partial charge is 0.238 e. The molecule has 1 aromatic carbocycles. The van der Waals surface area contributed by atoms with Gasteiger partial charge in [0.2, 0.25) is 5.91 Å². The number of aryl methyl sites for hydroxylation is 1. The van der Waals surface area contributed by atoms with Crippen LogP contribution in [-0.4, -0.2) is 31.1 Å². The summed E-state index contributed by atoms with van der Waals surface area (Å²) < 4.78 is 25.4. The minimum atomic E-state index is -0.453. The number of rotatable bonds is 9. The number of halogens is 1. The van der Waals surface area contributed by atoms with Gasteiger partial charge in [0.05, 0.1) is 5.25 Å². The lowest BCUT2D eigenvalue weighted by molar-refractivity contribution is -0.115. The molecule has 152 valence electrons. The Balaban J connectivity index is 1.66. The molecule has 3 aromatic rings. The molecule has 0 saturated carbocycles. The summed E-state index contributed by atoms with van der Waals surface area (Å²) in [5.74, 6) is 1.48. The largest absolute Gasteiger partial charge is 0.486 e. The second kappa shape index (κ2) is 9.37. The third-order valence-corrected chi connectivity index (χ3v) is 4.90. The summed E-state index contributed by atoms with van der Waals surface area (Å²) in [5, 5.41) is 14.9. The number of thioether (sulfide) groups is 1. The minimum Gasteiger partial charge on any atom is -0.486 e. The molecule has 0 saturated heterocycles. The van der Waals surface area contributed by atoms with Gasteiger partial charge in [0.25, 0.3) is 0 Å². The van der Waals surface area contributed by atoms with Crippen molar-refractivity contribution in [3.05, 3.63) is 60.4 Å². The Kier molecular flexibility index (Phi) is 6.65. The van der Waals surface area contributed by atoms with Gasteiger partial charge in [-0.2, -0.15) is 0 Å². The minimum absolute atomic E-state index is 0.145. The van der Waals surface area contributed by atoms with Gasteiger partial charge in [-0.1, -0.05) is 23.0 Å². The number of allylic oxidation sites excluding steroid dienone is 1. The van der Waals surface area contributed by atoms with Crippen molar-refractivity contribution >= 4 is 23.5 Å². The molecule has 3 rings (SSSR count). The molecule has 0 aliphatic carbocycles. The topological polar surface area (TPSA) is 95.1 Å². The van der Waals surface area contributed by atoms with E-state index in [0.29, 0.717) is 34.9 Å². The molecule has 1 amide bonds. The van der Waals surface area contributed by atoms with Crippen LogP contribution in [0.5, 0.6) is 5.75 Å². The molecule has 1 atom stereocenters. The fraction of sp³-hybridized carbons (Fsp3) is 0.263. The van der Waals surface area contributed by atoms with E-state index in [9.17, 15) is 9.18 Å². The van der Waals surface area contributed by atoms with Crippen LogP contribution in [0, 0.1) is 12.7 Å². The number of benzene rings is 1. The number of anilines is 1. The fourth-order valence-corrected chi connectivity index (χ4v) is 3.25. The summed E-state index contributed by atoms with van der Waals surface area (Å²) in [6.45, 7) is 7.85. The van der Waals surface area contributed by atoms with Gasteiger partial charge >= 0.3 is 0 Å². The summed E-state index contributed by atoms with van der Waals surface area (Å²) in [4.78, 5) is 12.4. The van der Waals surface area contributed by atoms with Crippen molar-refractivity contribution < 1.29 is 18.4 Å². The number of nitrogens with zero attached hydrogens (tertiary/aromatic N) is 4. The van der Waals surface area contributed by atoms with Crippen LogP contribution in [-0.2, 0) is 17.9 Å². The van der Waals surface area contributed by atoms with Crippen LogP contribution in [0.15, 0.2) is 52.7 Å². The highest BCUT2D eigenvalue weighted by Gasteiger charge is 2.21. The maximum Gasteiger partial charge on any atom is 0.238 e.